The first-order chi connectivity index (χ1) is 26.8. The van der Waals surface area contributed by atoms with E-state index in [1.807, 2.05) is 60.7 Å². The van der Waals surface area contributed by atoms with Crippen molar-refractivity contribution >= 4 is 57.9 Å². The molecule has 6 rings (SSSR count). The number of benzene rings is 4. The molecule has 11 nitrogen and oxygen atoms in total. The molecule has 0 amide bonds. The molecule has 57 heavy (non-hydrogen) atoms. The minimum atomic E-state index is -0.574. The van der Waals surface area contributed by atoms with Crippen LogP contribution < -0.4 is 14.2 Å². The van der Waals surface area contributed by atoms with Crippen LogP contribution in [0.1, 0.15) is 51.7 Å². The number of carbonyl (C=O) groups is 4. The molecule has 0 saturated carbocycles. The summed E-state index contributed by atoms with van der Waals surface area (Å²) in [6.07, 6.45) is 0.994. The number of rotatable bonds is 17. The number of thiazole rings is 2. The molecular weight excluding hydrogens is 938 g/mol. The van der Waals surface area contributed by atoms with Crippen molar-refractivity contribution in [2.45, 2.75) is 17.9 Å². The fourth-order valence-corrected chi connectivity index (χ4v) is 6.77. The van der Waals surface area contributed by atoms with E-state index in [-0.39, 0.29) is 112 Å². The molecule has 2 heterocycles. The number of carbonyl (C=O) groups excluding carboxylic acids is 4. The topological polar surface area (TPSA) is 140 Å². The Bertz CT molecular complexity index is 2150. The second-order valence-electron chi connectivity index (χ2n) is 11.1. The number of aryl methyl sites for hydroxylation is 1. The third kappa shape index (κ3) is 15.9. The van der Waals surface area contributed by atoms with Crippen LogP contribution in [0.4, 0.5) is 0 Å². The van der Waals surface area contributed by atoms with Gasteiger partial charge in [0.2, 0.25) is 11.6 Å². The number of thioether (sulfide) groups is 1. The summed E-state index contributed by atoms with van der Waals surface area (Å²) in [4.78, 5) is 56.1. The molecule has 0 spiro atoms. The number of hydrogen-bond acceptors (Lipinski definition) is 14. The average molecular weight is 973 g/mol. The maximum atomic E-state index is 12.1. The maximum absolute atomic E-state index is 12.1. The Hall–Kier alpha value is -3.62. The summed E-state index contributed by atoms with van der Waals surface area (Å²) < 4.78 is 25.9. The van der Waals surface area contributed by atoms with Gasteiger partial charge in [-0.25, -0.2) is 19.6 Å². The Morgan fingerprint density at radius 2 is 1.02 bits per heavy atom. The molecule has 0 fully saturated rings. The van der Waals surface area contributed by atoms with Crippen LogP contribution in [0.3, 0.4) is 0 Å². The number of ketones is 2. The van der Waals surface area contributed by atoms with Crippen LogP contribution in [0.2, 0.25) is 0 Å². The van der Waals surface area contributed by atoms with Crippen molar-refractivity contribution in [1.82, 2.24) is 9.97 Å². The zero-order chi connectivity index (χ0) is 38.8. The SMILES string of the molecule is COC(=O)c1csc(C(=O)COc2ccc(OCc3cc[c-]cc3)cc2)n1.COC(=O)c1csc(C(=O)COc2ccc(SCCc3cc[c-]cc3)cc2)n1.[Y].[Y]. The van der Waals surface area contributed by atoms with Gasteiger partial charge in [-0.1, -0.05) is 0 Å². The number of aromatic nitrogens is 2. The Balaban J connectivity index is 0.000000295. The van der Waals surface area contributed by atoms with Crippen molar-refractivity contribution in [3.63, 3.8) is 0 Å². The second kappa shape index (κ2) is 25.7. The predicted octanol–water partition coefficient (Wildman–Crippen LogP) is 7.89. The summed E-state index contributed by atoms with van der Waals surface area (Å²) in [5, 5.41) is 3.41. The largest absolute Gasteiger partial charge is 0.491 e. The van der Waals surface area contributed by atoms with Crippen LogP contribution in [0.25, 0.3) is 0 Å². The first-order valence-corrected chi connectivity index (χ1v) is 19.3. The smallest absolute Gasteiger partial charge is 0.357 e. The quantitative estimate of drug-likeness (QED) is 0.0380. The first-order valence-electron chi connectivity index (χ1n) is 16.6. The summed E-state index contributed by atoms with van der Waals surface area (Å²) >= 11 is 3.95. The number of methoxy groups -OCH3 is 2. The van der Waals surface area contributed by atoms with E-state index < -0.39 is 11.9 Å². The molecule has 0 aliphatic rings. The summed E-state index contributed by atoms with van der Waals surface area (Å²) in [5.41, 5.74) is 2.59. The van der Waals surface area contributed by atoms with Crippen molar-refractivity contribution in [1.29, 1.82) is 0 Å². The van der Waals surface area contributed by atoms with Crippen molar-refractivity contribution in [2.24, 2.45) is 0 Å². The summed E-state index contributed by atoms with van der Waals surface area (Å²) in [6, 6.07) is 36.2. The van der Waals surface area contributed by atoms with E-state index in [9.17, 15) is 19.2 Å². The molecule has 2 radical (unpaired) electrons. The normalized spacial score (nSPS) is 10.0. The zero-order valence-electron chi connectivity index (χ0n) is 30.9. The van der Waals surface area contributed by atoms with Crippen molar-refractivity contribution in [2.75, 3.05) is 33.2 Å². The third-order valence-electron chi connectivity index (χ3n) is 7.30. The zero-order valence-corrected chi connectivity index (χ0v) is 39.0. The molecule has 0 unspecified atom stereocenters. The molecule has 6 aromatic rings. The molecule has 16 heteroatoms. The Labute approximate surface area is 393 Å². The molecule has 0 atom stereocenters. The van der Waals surface area contributed by atoms with Gasteiger partial charge in [-0.2, -0.15) is 66.2 Å². The van der Waals surface area contributed by atoms with Gasteiger partial charge in [-0.3, -0.25) is 9.59 Å². The van der Waals surface area contributed by atoms with Crippen LogP contribution >= 0.6 is 34.4 Å². The molecule has 0 N–H and O–H groups in total. The van der Waals surface area contributed by atoms with E-state index in [1.165, 1.54) is 30.5 Å². The number of Topliss-reactive ketones (excluding diaryl/α,β-unsaturated/α-hetero) is 2. The Kier molecular flexibility index (Phi) is 21.5. The third-order valence-corrected chi connectivity index (χ3v) is 10.1. The number of nitrogens with zero attached hydrogens (tertiary/aromatic N) is 2. The van der Waals surface area contributed by atoms with Gasteiger partial charge in [0.15, 0.2) is 34.6 Å². The van der Waals surface area contributed by atoms with Gasteiger partial charge < -0.3 is 23.7 Å². The van der Waals surface area contributed by atoms with E-state index in [1.54, 1.807) is 36.0 Å². The predicted molar refractivity (Wildman–Crippen MR) is 209 cm³/mol. The molecule has 2 aromatic heterocycles. The van der Waals surface area contributed by atoms with Crippen LogP contribution in [0.15, 0.2) is 113 Å². The van der Waals surface area contributed by atoms with E-state index in [4.69, 9.17) is 14.2 Å². The monoisotopic (exact) mass is 972 g/mol. The Morgan fingerprint density at radius 3 is 1.47 bits per heavy atom. The molecule has 288 valence electrons. The van der Waals surface area contributed by atoms with Gasteiger partial charge in [-0.15, -0.1) is 40.0 Å². The molecule has 0 saturated heterocycles. The number of hydrogen-bond donors (Lipinski definition) is 0. The minimum absolute atomic E-state index is 0. The summed E-state index contributed by atoms with van der Waals surface area (Å²) in [5.74, 6) is 1.11. The second-order valence-corrected chi connectivity index (χ2v) is 14.0. The Morgan fingerprint density at radius 1 is 0.596 bits per heavy atom. The average Bonchev–Trinajstić information content (AvgIpc) is 3.94. The van der Waals surface area contributed by atoms with Crippen LogP contribution in [-0.4, -0.2) is 66.7 Å². The molecular formula is C41H34N2O9S3Y2-2. The summed E-state index contributed by atoms with van der Waals surface area (Å²) in [6.45, 7) is 0.153. The maximum Gasteiger partial charge on any atom is 0.357 e. The van der Waals surface area contributed by atoms with Gasteiger partial charge in [0.25, 0.3) is 0 Å². The standard InChI is InChI=1S/C21H18NO4S2.C20H16NO5S.2Y/c1-25-21(24)18-14-28-20(22-18)19(23)13-26-16-7-9-17(10-8-16)27-12-11-15-5-3-2-4-6-15;1-24-20(23)17-13-27-19(21-17)18(22)12-26-16-9-7-15(8-10-16)25-11-14-5-3-2-4-6-14;;/h3-10,14H,11-13H2,1H3;3-10,13H,11-12H2,1H3;;/q2*-1;;. The van der Waals surface area contributed by atoms with Crippen LogP contribution in [0, 0.1) is 12.1 Å². The minimum Gasteiger partial charge on any atom is -0.491 e. The first kappa shape index (κ1) is 47.8. The van der Waals surface area contributed by atoms with E-state index in [0.717, 1.165) is 45.3 Å². The van der Waals surface area contributed by atoms with Crippen LogP contribution in [-0.2, 0) is 87.9 Å². The van der Waals surface area contributed by atoms with E-state index >= 15 is 0 Å². The fourth-order valence-electron chi connectivity index (χ4n) is 4.44. The van der Waals surface area contributed by atoms with Gasteiger partial charge in [0.05, 0.1) is 20.8 Å². The van der Waals surface area contributed by atoms with Gasteiger partial charge in [0, 0.05) is 86.8 Å². The van der Waals surface area contributed by atoms with Crippen LogP contribution in [0.5, 0.6) is 17.2 Å². The summed E-state index contributed by atoms with van der Waals surface area (Å²) in [7, 11) is 2.53. The van der Waals surface area contributed by atoms with Gasteiger partial charge in [0.1, 0.15) is 17.2 Å². The van der Waals surface area contributed by atoms with E-state index in [0.29, 0.717) is 23.9 Å². The molecule has 0 bridgehead atoms. The van der Waals surface area contributed by atoms with E-state index in [2.05, 4.69) is 43.7 Å². The number of esters is 2. The van der Waals surface area contributed by atoms with Gasteiger partial charge >= 0.3 is 11.9 Å². The molecule has 4 aromatic carbocycles. The van der Waals surface area contributed by atoms with Gasteiger partial charge in [-0.05, 0) is 55.0 Å². The molecule has 0 aliphatic heterocycles. The number of ether oxygens (including phenoxy) is 5. The fraction of sp³-hybridized carbons (Fsp3) is 0.171. The molecule has 0 aliphatic carbocycles. The van der Waals surface area contributed by atoms with Crippen molar-refractivity contribution in [3.8, 4) is 17.2 Å². The van der Waals surface area contributed by atoms with Crippen molar-refractivity contribution in [3.05, 3.63) is 152 Å². The van der Waals surface area contributed by atoms with Crippen molar-refractivity contribution < 1.29 is 108 Å².